The van der Waals surface area contributed by atoms with Gasteiger partial charge in [-0.05, 0) is 32.7 Å². The van der Waals surface area contributed by atoms with Gasteiger partial charge in [0.15, 0.2) is 0 Å². The van der Waals surface area contributed by atoms with E-state index in [1.54, 1.807) is 0 Å². The summed E-state index contributed by atoms with van der Waals surface area (Å²) in [7, 11) is -0.631. The fourth-order valence-electron chi connectivity index (χ4n) is 1.57. The average molecular weight is 233 g/mol. The van der Waals surface area contributed by atoms with Crippen molar-refractivity contribution in [1.82, 2.24) is 5.32 Å². The van der Waals surface area contributed by atoms with Crippen LogP contribution in [-0.2, 0) is 10.8 Å². The molecule has 0 bridgehead atoms. The molecule has 0 aliphatic carbocycles. The van der Waals surface area contributed by atoms with Gasteiger partial charge < -0.3 is 5.32 Å². The molecular weight excluding hydrogens is 206 g/mol. The number of rotatable bonds is 9. The molecule has 0 radical (unpaired) electrons. The predicted molar refractivity (Wildman–Crippen MR) is 69.8 cm³/mol. The largest absolute Gasteiger partial charge is 0.314 e. The standard InChI is InChI=1S/C12H27NOS/c1-5-7-9-15(14)12(4)10-11(3)13-8-6-2/h11-13H,5-10H2,1-4H3. The van der Waals surface area contributed by atoms with Crippen molar-refractivity contribution in [2.75, 3.05) is 12.3 Å². The van der Waals surface area contributed by atoms with E-state index in [0.29, 0.717) is 11.3 Å². The van der Waals surface area contributed by atoms with Crippen molar-refractivity contribution in [3.05, 3.63) is 0 Å². The van der Waals surface area contributed by atoms with Crippen LogP contribution >= 0.6 is 0 Å². The van der Waals surface area contributed by atoms with E-state index in [4.69, 9.17) is 0 Å². The van der Waals surface area contributed by atoms with E-state index in [-0.39, 0.29) is 0 Å². The average Bonchev–Trinajstić information content (AvgIpc) is 2.22. The number of unbranched alkanes of at least 4 members (excludes halogenated alkanes) is 1. The van der Waals surface area contributed by atoms with E-state index in [2.05, 4.69) is 33.0 Å². The molecule has 0 saturated carbocycles. The highest BCUT2D eigenvalue weighted by molar-refractivity contribution is 7.85. The first-order valence-electron chi connectivity index (χ1n) is 6.22. The van der Waals surface area contributed by atoms with Gasteiger partial charge in [-0.3, -0.25) is 4.21 Å². The molecule has 3 atom stereocenters. The van der Waals surface area contributed by atoms with Gasteiger partial charge in [-0.2, -0.15) is 0 Å². The zero-order chi connectivity index (χ0) is 11.7. The van der Waals surface area contributed by atoms with Gasteiger partial charge in [-0.15, -0.1) is 0 Å². The van der Waals surface area contributed by atoms with E-state index in [0.717, 1.165) is 38.0 Å². The summed E-state index contributed by atoms with van der Waals surface area (Å²) in [4.78, 5) is 0. The van der Waals surface area contributed by atoms with Crippen LogP contribution in [0.3, 0.4) is 0 Å². The summed E-state index contributed by atoms with van der Waals surface area (Å²) in [6.45, 7) is 9.67. The Morgan fingerprint density at radius 2 is 1.87 bits per heavy atom. The van der Waals surface area contributed by atoms with Crippen LogP contribution in [-0.4, -0.2) is 27.8 Å². The summed E-state index contributed by atoms with van der Waals surface area (Å²) in [5.74, 6) is 0.873. The van der Waals surface area contributed by atoms with Crippen molar-refractivity contribution in [3.8, 4) is 0 Å². The van der Waals surface area contributed by atoms with Gasteiger partial charge in [-0.1, -0.05) is 27.2 Å². The maximum atomic E-state index is 11.8. The first-order chi connectivity index (χ1) is 7.11. The highest BCUT2D eigenvalue weighted by Crippen LogP contribution is 2.07. The van der Waals surface area contributed by atoms with Crippen LogP contribution in [0.4, 0.5) is 0 Å². The number of hydrogen-bond acceptors (Lipinski definition) is 2. The van der Waals surface area contributed by atoms with E-state index >= 15 is 0 Å². The lowest BCUT2D eigenvalue weighted by Gasteiger charge is -2.18. The molecule has 3 heteroatoms. The van der Waals surface area contributed by atoms with Gasteiger partial charge >= 0.3 is 0 Å². The summed E-state index contributed by atoms with van der Waals surface area (Å²) in [5.41, 5.74) is 0. The molecule has 0 aliphatic rings. The molecular formula is C12H27NOS. The minimum absolute atomic E-state index is 0.330. The normalized spacial score (nSPS) is 17.3. The Kier molecular flexibility index (Phi) is 9.41. The minimum Gasteiger partial charge on any atom is -0.314 e. The molecule has 3 unspecified atom stereocenters. The third-order valence-electron chi connectivity index (χ3n) is 2.58. The summed E-state index contributed by atoms with van der Waals surface area (Å²) in [5, 5.41) is 3.77. The molecule has 0 amide bonds. The fraction of sp³-hybridized carbons (Fsp3) is 1.00. The molecule has 0 fully saturated rings. The van der Waals surface area contributed by atoms with Crippen molar-refractivity contribution in [1.29, 1.82) is 0 Å². The van der Waals surface area contributed by atoms with Gasteiger partial charge in [0.2, 0.25) is 0 Å². The van der Waals surface area contributed by atoms with Gasteiger partial charge in [0.25, 0.3) is 0 Å². The Morgan fingerprint density at radius 1 is 1.20 bits per heavy atom. The molecule has 1 N–H and O–H groups in total. The lowest BCUT2D eigenvalue weighted by Crippen LogP contribution is -2.31. The topological polar surface area (TPSA) is 29.1 Å². The Bertz CT molecular complexity index is 173. The first kappa shape index (κ1) is 15.1. The number of nitrogens with one attached hydrogen (secondary N) is 1. The fourth-order valence-corrected chi connectivity index (χ4v) is 3.05. The second-order valence-corrected chi connectivity index (χ2v) is 6.31. The maximum Gasteiger partial charge on any atom is 0.0334 e. The molecule has 15 heavy (non-hydrogen) atoms. The summed E-state index contributed by atoms with van der Waals surface area (Å²) in [6, 6.07) is 0.491. The van der Waals surface area contributed by atoms with Crippen molar-refractivity contribution in [2.45, 2.75) is 64.7 Å². The van der Waals surface area contributed by atoms with Crippen molar-refractivity contribution < 1.29 is 4.21 Å². The van der Waals surface area contributed by atoms with E-state index < -0.39 is 10.8 Å². The zero-order valence-corrected chi connectivity index (χ0v) is 11.5. The Balaban J connectivity index is 3.69. The quantitative estimate of drug-likeness (QED) is 0.663. The Labute approximate surface area is 97.7 Å². The van der Waals surface area contributed by atoms with Crippen LogP contribution in [0.15, 0.2) is 0 Å². The van der Waals surface area contributed by atoms with Gasteiger partial charge in [0, 0.05) is 27.8 Å². The molecule has 0 rings (SSSR count). The molecule has 92 valence electrons. The van der Waals surface area contributed by atoms with Crippen LogP contribution in [0, 0.1) is 0 Å². The molecule has 0 aliphatic heterocycles. The molecule has 0 heterocycles. The third-order valence-corrected chi connectivity index (χ3v) is 4.36. The Hall–Kier alpha value is 0.110. The Morgan fingerprint density at radius 3 is 2.40 bits per heavy atom. The van der Waals surface area contributed by atoms with Crippen LogP contribution < -0.4 is 5.32 Å². The van der Waals surface area contributed by atoms with Crippen molar-refractivity contribution in [3.63, 3.8) is 0 Å². The van der Waals surface area contributed by atoms with Gasteiger partial charge in [0.1, 0.15) is 0 Å². The lowest BCUT2D eigenvalue weighted by molar-refractivity contribution is 0.508. The minimum atomic E-state index is -0.631. The second-order valence-electron chi connectivity index (χ2n) is 4.34. The first-order valence-corrected chi connectivity index (χ1v) is 7.60. The summed E-state index contributed by atoms with van der Waals surface area (Å²) >= 11 is 0. The van der Waals surface area contributed by atoms with Crippen LogP contribution in [0.1, 0.15) is 53.4 Å². The van der Waals surface area contributed by atoms with Gasteiger partial charge in [0.05, 0.1) is 0 Å². The second kappa shape index (κ2) is 9.34. The van der Waals surface area contributed by atoms with Crippen LogP contribution in [0.2, 0.25) is 0 Å². The highest BCUT2D eigenvalue weighted by atomic mass is 32.2. The predicted octanol–water partition coefficient (Wildman–Crippen LogP) is 2.70. The van der Waals surface area contributed by atoms with Gasteiger partial charge in [-0.25, -0.2) is 0 Å². The molecule has 2 nitrogen and oxygen atoms in total. The smallest absolute Gasteiger partial charge is 0.0334 e. The van der Waals surface area contributed by atoms with Crippen LogP contribution in [0.5, 0.6) is 0 Å². The molecule has 0 spiro atoms. The summed E-state index contributed by atoms with van der Waals surface area (Å²) < 4.78 is 11.8. The zero-order valence-electron chi connectivity index (χ0n) is 10.7. The highest BCUT2D eigenvalue weighted by Gasteiger charge is 2.13. The molecule has 0 aromatic carbocycles. The molecule has 0 saturated heterocycles. The number of hydrogen-bond donors (Lipinski definition) is 1. The van der Waals surface area contributed by atoms with Crippen molar-refractivity contribution in [2.24, 2.45) is 0 Å². The third kappa shape index (κ3) is 7.97. The van der Waals surface area contributed by atoms with E-state index in [1.807, 2.05) is 0 Å². The monoisotopic (exact) mass is 233 g/mol. The summed E-state index contributed by atoms with van der Waals surface area (Å²) in [6.07, 6.45) is 4.42. The molecule has 0 aromatic heterocycles. The maximum absolute atomic E-state index is 11.8. The van der Waals surface area contributed by atoms with Crippen molar-refractivity contribution >= 4 is 10.8 Å². The van der Waals surface area contributed by atoms with E-state index in [1.165, 1.54) is 0 Å². The SMILES string of the molecule is CCCCS(=O)C(C)CC(C)NCCC. The van der Waals surface area contributed by atoms with E-state index in [9.17, 15) is 4.21 Å². The van der Waals surface area contributed by atoms with Crippen LogP contribution in [0.25, 0.3) is 0 Å². The molecule has 0 aromatic rings. The lowest BCUT2D eigenvalue weighted by atomic mass is 10.2.